The number of alkyl halides is 1. The molecular formula is C5H9ClO. The number of allylic oxidation sites excluding steroid dienone is 1. The van der Waals surface area contributed by atoms with Crippen molar-refractivity contribution in [2.45, 2.75) is 0 Å². The van der Waals surface area contributed by atoms with Crippen molar-refractivity contribution in [1.82, 2.24) is 0 Å². The predicted octanol–water partition coefficient (Wildman–Crippen LogP) is 1.43. The molecule has 0 aromatic heterocycles. The zero-order valence-electron chi connectivity index (χ0n) is 4.36. The fourth-order valence-corrected chi connectivity index (χ4v) is 0.353. The molecule has 0 fully saturated rings. The Morgan fingerprint density at radius 2 is 2.29 bits per heavy atom. The van der Waals surface area contributed by atoms with Crippen LogP contribution in [-0.4, -0.2) is 19.6 Å². The lowest BCUT2D eigenvalue weighted by atomic mass is 10.6. The average Bonchev–Trinajstić information content (AvgIpc) is 1.69. The highest BCUT2D eigenvalue weighted by molar-refractivity contribution is 6.18. The molecule has 0 aromatic carbocycles. The lowest BCUT2D eigenvalue weighted by Gasteiger charge is -1.83. The van der Waals surface area contributed by atoms with Crippen LogP contribution in [0.25, 0.3) is 0 Å². The third-order valence-electron chi connectivity index (χ3n) is 0.519. The van der Waals surface area contributed by atoms with Crippen LogP contribution in [0, 0.1) is 0 Å². The van der Waals surface area contributed by atoms with Crippen LogP contribution in [0.2, 0.25) is 0 Å². The maximum absolute atomic E-state index is 5.29. The Balaban J connectivity index is 2.78. The molecule has 2 heteroatoms. The largest absolute Gasteiger partial charge is 0.381 e. The molecule has 0 aliphatic heterocycles. The first-order valence-corrected chi connectivity index (χ1v) is 2.65. The number of methoxy groups -OCH3 is 1. The van der Waals surface area contributed by atoms with Crippen molar-refractivity contribution in [3.63, 3.8) is 0 Å². The highest BCUT2D eigenvalue weighted by atomic mass is 35.5. The molecule has 0 unspecified atom stereocenters. The van der Waals surface area contributed by atoms with Crippen LogP contribution < -0.4 is 0 Å². The SMILES string of the molecule is COC/C=C\CCl. The van der Waals surface area contributed by atoms with Crippen molar-refractivity contribution < 1.29 is 4.74 Å². The van der Waals surface area contributed by atoms with Gasteiger partial charge >= 0.3 is 0 Å². The van der Waals surface area contributed by atoms with Crippen molar-refractivity contribution in [1.29, 1.82) is 0 Å². The molecule has 0 atom stereocenters. The highest BCUT2D eigenvalue weighted by Gasteiger charge is 1.67. The standard InChI is InChI=1S/C5H9ClO/c1-7-5-3-2-4-6/h2-3H,4-5H2,1H3/b3-2-. The lowest BCUT2D eigenvalue weighted by molar-refractivity contribution is 0.234. The molecule has 0 heterocycles. The number of hydrogen-bond donors (Lipinski definition) is 0. The Morgan fingerprint density at radius 1 is 1.57 bits per heavy atom. The summed E-state index contributed by atoms with van der Waals surface area (Å²) in [6, 6.07) is 0. The molecule has 0 saturated heterocycles. The van der Waals surface area contributed by atoms with Crippen LogP contribution in [0.4, 0.5) is 0 Å². The first kappa shape index (κ1) is 6.99. The second kappa shape index (κ2) is 5.99. The monoisotopic (exact) mass is 120 g/mol. The summed E-state index contributed by atoms with van der Waals surface area (Å²) in [4.78, 5) is 0. The van der Waals surface area contributed by atoms with Gasteiger partial charge in [0, 0.05) is 13.0 Å². The normalized spacial score (nSPS) is 10.6. The lowest BCUT2D eigenvalue weighted by Crippen LogP contribution is -1.79. The Kier molecular flexibility index (Phi) is 5.98. The average molecular weight is 121 g/mol. The second-order valence-electron chi connectivity index (χ2n) is 1.08. The summed E-state index contributed by atoms with van der Waals surface area (Å²) in [7, 11) is 1.65. The van der Waals surface area contributed by atoms with Crippen LogP contribution >= 0.6 is 11.6 Å². The Morgan fingerprint density at radius 3 is 2.71 bits per heavy atom. The van der Waals surface area contributed by atoms with Crippen LogP contribution in [-0.2, 0) is 4.74 Å². The molecule has 0 saturated carbocycles. The van der Waals surface area contributed by atoms with E-state index in [0.29, 0.717) is 12.5 Å². The third kappa shape index (κ3) is 5.99. The van der Waals surface area contributed by atoms with Crippen molar-refractivity contribution in [2.24, 2.45) is 0 Å². The van der Waals surface area contributed by atoms with Crippen LogP contribution in [0.15, 0.2) is 12.2 Å². The molecule has 0 bridgehead atoms. The van der Waals surface area contributed by atoms with E-state index in [1.165, 1.54) is 0 Å². The fourth-order valence-electron chi connectivity index (χ4n) is 0.227. The van der Waals surface area contributed by atoms with Crippen molar-refractivity contribution in [2.75, 3.05) is 19.6 Å². The summed E-state index contributed by atoms with van der Waals surface area (Å²) in [5.74, 6) is 0.573. The molecule has 0 N–H and O–H groups in total. The Hall–Kier alpha value is -0.0100. The summed E-state index contributed by atoms with van der Waals surface area (Å²) in [5, 5.41) is 0. The minimum atomic E-state index is 0.573. The van der Waals surface area contributed by atoms with E-state index in [1.807, 2.05) is 12.2 Å². The van der Waals surface area contributed by atoms with E-state index in [9.17, 15) is 0 Å². The fraction of sp³-hybridized carbons (Fsp3) is 0.600. The minimum Gasteiger partial charge on any atom is -0.381 e. The number of ether oxygens (including phenoxy) is 1. The number of hydrogen-bond acceptors (Lipinski definition) is 1. The maximum Gasteiger partial charge on any atom is 0.0644 e. The van der Waals surface area contributed by atoms with Gasteiger partial charge in [0.05, 0.1) is 6.61 Å². The van der Waals surface area contributed by atoms with Gasteiger partial charge in [0.2, 0.25) is 0 Å². The molecule has 0 aliphatic carbocycles. The van der Waals surface area contributed by atoms with E-state index in [-0.39, 0.29) is 0 Å². The predicted molar refractivity (Wildman–Crippen MR) is 31.7 cm³/mol. The van der Waals surface area contributed by atoms with E-state index < -0.39 is 0 Å². The molecular weight excluding hydrogens is 112 g/mol. The number of rotatable bonds is 3. The van der Waals surface area contributed by atoms with Gasteiger partial charge < -0.3 is 4.74 Å². The zero-order chi connectivity index (χ0) is 5.54. The van der Waals surface area contributed by atoms with Gasteiger partial charge in [0.1, 0.15) is 0 Å². The first-order chi connectivity index (χ1) is 3.41. The van der Waals surface area contributed by atoms with Gasteiger partial charge in [-0.25, -0.2) is 0 Å². The summed E-state index contributed by atoms with van der Waals surface area (Å²) < 4.78 is 4.70. The molecule has 42 valence electrons. The second-order valence-corrected chi connectivity index (χ2v) is 1.39. The van der Waals surface area contributed by atoms with E-state index in [4.69, 9.17) is 16.3 Å². The summed E-state index contributed by atoms with van der Waals surface area (Å²) in [6.45, 7) is 0.659. The molecule has 0 rings (SSSR count). The molecule has 0 amide bonds. The Bertz CT molecular complexity index is 52.0. The van der Waals surface area contributed by atoms with Gasteiger partial charge in [0.25, 0.3) is 0 Å². The van der Waals surface area contributed by atoms with Gasteiger partial charge in [-0.05, 0) is 0 Å². The Labute approximate surface area is 48.9 Å². The summed E-state index contributed by atoms with van der Waals surface area (Å²) >= 11 is 5.29. The van der Waals surface area contributed by atoms with E-state index in [1.54, 1.807) is 7.11 Å². The van der Waals surface area contributed by atoms with Crippen LogP contribution in [0.5, 0.6) is 0 Å². The number of halogens is 1. The molecule has 0 radical (unpaired) electrons. The van der Waals surface area contributed by atoms with Gasteiger partial charge in [-0.1, -0.05) is 12.2 Å². The van der Waals surface area contributed by atoms with Crippen molar-refractivity contribution in [3.8, 4) is 0 Å². The van der Waals surface area contributed by atoms with Gasteiger partial charge in [-0.3, -0.25) is 0 Å². The van der Waals surface area contributed by atoms with Gasteiger partial charge in [0.15, 0.2) is 0 Å². The summed E-state index contributed by atoms with van der Waals surface area (Å²) in [5.41, 5.74) is 0. The molecule has 0 spiro atoms. The highest BCUT2D eigenvalue weighted by Crippen LogP contribution is 1.77. The molecule has 0 aromatic rings. The van der Waals surface area contributed by atoms with Crippen molar-refractivity contribution in [3.05, 3.63) is 12.2 Å². The smallest absolute Gasteiger partial charge is 0.0644 e. The topological polar surface area (TPSA) is 9.23 Å². The van der Waals surface area contributed by atoms with Gasteiger partial charge in [-0.2, -0.15) is 0 Å². The third-order valence-corrected chi connectivity index (χ3v) is 0.697. The van der Waals surface area contributed by atoms with E-state index in [2.05, 4.69) is 0 Å². The first-order valence-electron chi connectivity index (χ1n) is 2.11. The minimum absolute atomic E-state index is 0.573. The molecule has 0 aliphatic rings. The molecule has 1 nitrogen and oxygen atoms in total. The zero-order valence-corrected chi connectivity index (χ0v) is 5.11. The van der Waals surface area contributed by atoms with Crippen molar-refractivity contribution >= 4 is 11.6 Å². The van der Waals surface area contributed by atoms with Gasteiger partial charge in [-0.15, -0.1) is 11.6 Å². The van der Waals surface area contributed by atoms with E-state index in [0.717, 1.165) is 0 Å². The quantitative estimate of drug-likeness (QED) is 0.405. The van der Waals surface area contributed by atoms with Crippen LogP contribution in [0.1, 0.15) is 0 Å². The summed E-state index contributed by atoms with van der Waals surface area (Å²) in [6.07, 6.45) is 3.73. The van der Waals surface area contributed by atoms with Crippen LogP contribution in [0.3, 0.4) is 0 Å². The van der Waals surface area contributed by atoms with E-state index >= 15 is 0 Å². The maximum atomic E-state index is 5.29. The molecule has 7 heavy (non-hydrogen) atoms.